The van der Waals surface area contributed by atoms with Crippen molar-refractivity contribution < 1.29 is 24.2 Å². The number of carbonyl (C=O) groups is 2. The SMILES string of the molecule is COc1cccc(C2/C(=C(\O)c3ccc(OC(C)C)cc3)C(=O)C(=O)N2c2cc(C)ccc2C)c1. The number of anilines is 1. The quantitative estimate of drug-likeness (QED) is 0.282. The lowest BCUT2D eigenvalue weighted by atomic mass is 9.94. The maximum absolute atomic E-state index is 13.4. The van der Waals surface area contributed by atoms with Gasteiger partial charge < -0.3 is 14.6 Å². The van der Waals surface area contributed by atoms with Gasteiger partial charge in [-0.25, -0.2) is 0 Å². The molecule has 1 saturated heterocycles. The van der Waals surface area contributed by atoms with Crippen LogP contribution in [0.25, 0.3) is 5.76 Å². The highest BCUT2D eigenvalue weighted by atomic mass is 16.5. The molecule has 4 rings (SSSR count). The number of rotatable bonds is 6. The summed E-state index contributed by atoms with van der Waals surface area (Å²) in [5.41, 5.74) is 3.54. The number of aliphatic hydroxyl groups is 1. The number of ketones is 1. The molecule has 6 heteroatoms. The summed E-state index contributed by atoms with van der Waals surface area (Å²) in [7, 11) is 1.56. The number of aliphatic hydroxyl groups excluding tert-OH is 1. The maximum atomic E-state index is 13.4. The van der Waals surface area contributed by atoms with E-state index >= 15 is 0 Å². The lowest BCUT2D eigenvalue weighted by Gasteiger charge is -2.27. The molecule has 35 heavy (non-hydrogen) atoms. The maximum Gasteiger partial charge on any atom is 0.300 e. The largest absolute Gasteiger partial charge is 0.507 e. The van der Waals surface area contributed by atoms with E-state index in [9.17, 15) is 14.7 Å². The summed E-state index contributed by atoms with van der Waals surface area (Å²) in [5, 5.41) is 11.3. The van der Waals surface area contributed by atoms with E-state index in [0.29, 0.717) is 28.3 Å². The van der Waals surface area contributed by atoms with Gasteiger partial charge in [0.05, 0.1) is 24.8 Å². The molecule has 1 amide bonds. The van der Waals surface area contributed by atoms with E-state index in [1.54, 1.807) is 49.6 Å². The predicted molar refractivity (Wildman–Crippen MR) is 136 cm³/mol. The van der Waals surface area contributed by atoms with Gasteiger partial charge in [0.25, 0.3) is 11.7 Å². The number of amides is 1. The van der Waals surface area contributed by atoms with Crippen molar-refractivity contribution >= 4 is 23.1 Å². The Balaban J connectivity index is 1.91. The van der Waals surface area contributed by atoms with Gasteiger partial charge in [-0.1, -0.05) is 24.3 Å². The molecule has 1 N–H and O–H groups in total. The molecule has 1 unspecified atom stereocenters. The molecule has 1 atom stereocenters. The van der Waals surface area contributed by atoms with Crippen molar-refractivity contribution in [2.24, 2.45) is 0 Å². The van der Waals surface area contributed by atoms with Crippen LogP contribution in [0.5, 0.6) is 11.5 Å². The monoisotopic (exact) mass is 471 g/mol. The van der Waals surface area contributed by atoms with Crippen molar-refractivity contribution in [1.82, 2.24) is 0 Å². The molecule has 6 nitrogen and oxygen atoms in total. The highest BCUT2D eigenvalue weighted by molar-refractivity contribution is 6.51. The Kier molecular flexibility index (Phi) is 6.65. The van der Waals surface area contributed by atoms with Crippen LogP contribution in [-0.2, 0) is 9.59 Å². The number of Topliss-reactive ketones (excluding diaryl/α,β-unsaturated/α-hetero) is 1. The highest BCUT2D eigenvalue weighted by Gasteiger charge is 2.47. The van der Waals surface area contributed by atoms with Crippen LogP contribution in [0, 0.1) is 13.8 Å². The summed E-state index contributed by atoms with van der Waals surface area (Å²) in [4.78, 5) is 28.3. The third-order valence-electron chi connectivity index (χ3n) is 5.98. The zero-order valence-electron chi connectivity index (χ0n) is 20.5. The molecule has 1 heterocycles. The first-order chi connectivity index (χ1) is 16.7. The van der Waals surface area contributed by atoms with E-state index < -0.39 is 17.7 Å². The van der Waals surface area contributed by atoms with Crippen molar-refractivity contribution in [1.29, 1.82) is 0 Å². The zero-order chi connectivity index (χ0) is 25.3. The van der Waals surface area contributed by atoms with E-state index in [4.69, 9.17) is 9.47 Å². The summed E-state index contributed by atoms with van der Waals surface area (Å²) in [6, 6.07) is 19.0. The van der Waals surface area contributed by atoms with Crippen LogP contribution in [0.4, 0.5) is 5.69 Å². The van der Waals surface area contributed by atoms with Crippen LogP contribution in [0.3, 0.4) is 0 Å². The lowest BCUT2D eigenvalue weighted by Crippen LogP contribution is -2.30. The second-order valence-electron chi connectivity index (χ2n) is 8.93. The number of hydrogen-bond donors (Lipinski definition) is 1. The number of carbonyl (C=O) groups excluding carboxylic acids is 2. The van der Waals surface area contributed by atoms with Gasteiger partial charge in [0, 0.05) is 11.3 Å². The standard InChI is InChI=1S/C29H29NO5/c1-17(2)35-22-13-11-20(12-14-22)27(31)25-26(21-7-6-8-23(16-21)34-5)30(29(33)28(25)32)24-15-18(3)9-10-19(24)4/h6-17,26,31H,1-5H3/b27-25+. The minimum absolute atomic E-state index is 0.00500. The van der Waals surface area contributed by atoms with Gasteiger partial charge in [0.2, 0.25) is 0 Å². The number of hydrogen-bond acceptors (Lipinski definition) is 5. The minimum Gasteiger partial charge on any atom is -0.507 e. The van der Waals surface area contributed by atoms with Gasteiger partial charge in [-0.05, 0) is 86.8 Å². The fourth-order valence-corrected chi connectivity index (χ4v) is 4.31. The van der Waals surface area contributed by atoms with Crippen LogP contribution in [-0.4, -0.2) is 30.0 Å². The van der Waals surface area contributed by atoms with Gasteiger partial charge in [-0.2, -0.15) is 0 Å². The highest BCUT2D eigenvalue weighted by Crippen LogP contribution is 2.44. The molecule has 1 aliphatic heterocycles. The number of nitrogens with zero attached hydrogens (tertiary/aromatic N) is 1. The van der Waals surface area contributed by atoms with Crippen LogP contribution < -0.4 is 14.4 Å². The average molecular weight is 472 g/mol. The van der Waals surface area contributed by atoms with Crippen molar-refractivity contribution in [2.75, 3.05) is 12.0 Å². The molecule has 0 aliphatic carbocycles. The first-order valence-electron chi connectivity index (χ1n) is 11.5. The third kappa shape index (κ3) is 4.64. The first kappa shape index (κ1) is 24.1. The number of methoxy groups -OCH3 is 1. The van der Waals surface area contributed by atoms with E-state index in [0.717, 1.165) is 11.1 Å². The Bertz CT molecular complexity index is 1310. The van der Waals surface area contributed by atoms with Gasteiger partial charge in [-0.15, -0.1) is 0 Å². The van der Waals surface area contributed by atoms with Crippen LogP contribution in [0.15, 0.2) is 72.3 Å². The third-order valence-corrected chi connectivity index (χ3v) is 5.98. The molecule has 1 aliphatic rings. The molecule has 0 bridgehead atoms. The van der Waals surface area contributed by atoms with Crippen LogP contribution in [0.1, 0.15) is 42.1 Å². The zero-order valence-corrected chi connectivity index (χ0v) is 20.5. The van der Waals surface area contributed by atoms with Crippen molar-refractivity contribution in [2.45, 2.75) is 39.8 Å². The van der Waals surface area contributed by atoms with Crippen molar-refractivity contribution in [3.05, 3.63) is 94.6 Å². The number of aryl methyl sites for hydroxylation is 2. The minimum atomic E-state index is -0.822. The lowest BCUT2D eigenvalue weighted by molar-refractivity contribution is -0.132. The summed E-state index contributed by atoms with van der Waals surface area (Å²) >= 11 is 0. The molecular formula is C29H29NO5. The van der Waals surface area contributed by atoms with Gasteiger partial charge in [-0.3, -0.25) is 14.5 Å². The molecule has 3 aromatic carbocycles. The first-order valence-corrected chi connectivity index (χ1v) is 11.5. The van der Waals surface area contributed by atoms with Gasteiger partial charge in [0.1, 0.15) is 17.3 Å². The molecule has 1 fully saturated rings. The summed E-state index contributed by atoms with van der Waals surface area (Å²) < 4.78 is 11.1. The van der Waals surface area contributed by atoms with Gasteiger partial charge >= 0.3 is 0 Å². The van der Waals surface area contributed by atoms with E-state index in [1.165, 1.54) is 4.90 Å². The number of benzene rings is 3. The summed E-state index contributed by atoms with van der Waals surface area (Å²) in [6.45, 7) is 7.68. The second-order valence-corrected chi connectivity index (χ2v) is 8.93. The van der Waals surface area contributed by atoms with Crippen LogP contribution >= 0.6 is 0 Å². The average Bonchev–Trinajstić information content (AvgIpc) is 3.10. The fraction of sp³-hybridized carbons (Fsp3) is 0.241. The Morgan fingerprint density at radius 3 is 2.31 bits per heavy atom. The molecule has 0 spiro atoms. The Labute approximate surface area is 205 Å². The predicted octanol–water partition coefficient (Wildman–Crippen LogP) is 5.73. The molecule has 0 aromatic heterocycles. The van der Waals surface area contributed by atoms with E-state index in [-0.39, 0.29) is 17.4 Å². The van der Waals surface area contributed by atoms with Crippen molar-refractivity contribution in [3.8, 4) is 11.5 Å². The van der Waals surface area contributed by atoms with E-state index in [2.05, 4.69) is 0 Å². The molecule has 0 saturated carbocycles. The van der Waals surface area contributed by atoms with Crippen molar-refractivity contribution in [3.63, 3.8) is 0 Å². The van der Waals surface area contributed by atoms with Crippen LogP contribution in [0.2, 0.25) is 0 Å². The Hall–Kier alpha value is -4.06. The Morgan fingerprint density at radius 2 is 1.66 bits per heavy atom. The Morgan fingerprint density at radius 1 is 0.943 bits per heavy atom. The topological polar surface area (TPSA) is 76.1 Å². The molecule has 3 aromatic rings. The number of ether oxygens (including phenoxy) is 2. The van der Waals surface area contributed by atoms with E-state index in [1.807, 2.05) is 52.0 Å². The smallest absolute Gasteiger partial charge is 0.300 e. The summed E-state index contributed by atoms with van der Waals surface area (Å²) in [5.74, 6) is -0.424. The summed E-state index contributed by atoms with van der Waals surface area (Å²) in [6.07, 6.45) is 0.00500. The fourth-order valence-electron chi connectivity index (χ4n) is 4.31. The van der Waals surface area contributed by atoms with Gasteiger partial charge in [0.15, 0.2) is 0 Å². The normalized spacial score (nSPS) is 17.2. The molecule has 0 radical (unpaired) electrons. The molecule has 180 valence electrons. The molecular weight excluding hydrogens is 442 g/mol. The second kappa shape index (κ2) is 9.66.